The normalized spacial score (nSPS) is 18.1. The number of fused-ring (bicyclic) bond motifs is 1. The van der Waals surface area contributed by atoms with Crippen LogP contribution in [0.25, 0.3) is 10.8 Å². The molecule has 2 aromatic rings. The summed E-state index contributed by atoms with van der Waals surface area (Å²) in [5, 5.41) is 23.4. The van der Waals surface area contributed by atoms with Crippen molar-refractivity contribution in [3.63, 3.8) is 0 Å². The highest BCUT2D eigenvalue weighted by Crippen LogP contribution is 2.33. The number of benzene rings is 1. The highest BCUT2D eigenvalue weighted by atomic mass is 16.3. The van der Waals surface area contributed by atoms with Gasteiger partial charge in [0.25, 0.3) is 0 Å². The number of hydrogen-bond donors (Lipinski definition) is 2. The molecule has 0 saturated heterocycles. The molecule has 0 unspecified atom stereocenters. The number of hydrogen-bond acceptors (Lipinski definition) is 4. The zero-order chi connectivity index (χ0) is 12.4. The fourth-order valence-corrected chi connectivity index (χ4v) is 2.75. The second kappa shape index (κ2) is 4.53. The van der Waals surface area contributed by atoms with E-state index in [1.165, 1.54) is 0 Å². The maximum absolute atomic E-state index is 9.64. The molecule has 2 N–H and O–H groups in total. The Morgan fingerprint density at radius 3 is 2.78 bits per heavy atom. The third-order valence-corrected chi connectivity index (χ3v) is 3.82. The number of anilines is 1. The second-order valence-corrected chi connectivity index (χ2v) is 5.05. The number of nitrogens with one attached hydrogen (secondary N) is 1. The molecule has 3 rings (SSSR count). The number of nitrogens with zero attached hydrogens (tertiary/aromatic N) is 2. The number of aliphatic hydroxyl groups excluding tert-OH is 1. The molecule has 94 valence electrons. The van der Waals surface area contributed by atoms with Crippen LogP contribution in [0.1, 0.15) is 25.7 Å². The maximum Gasteiger partial charge on any atom is 0.157 e. The molecule has 0 bridgehead atoms. The number of rotatable bonds is 3. The van der Waals surface area contributed by atoms with Crippen LogP contribution in [0.3, 0.4) is 0 Å². The monoisotopic (exact) mass is 243 g/mol. The van der Waals surface area contributed by atoms with E-state index in [1.807, 2.05) is 24.3 Å². The van der Waals surface area contributed by atoms with E-state index >= 15 is 0 Å². The Hall–Kier alpha value is -1.68. The van der Waals surface area contributed by atoms with Crippen LogP contribution in [0, 0.1) is 0 Å². The fraction of sp³-hybridized carbons (Fsp3) is 0.429. The van der Waals surface area contributed by atoms with E-state index in [0.29, 0.717) is 0 Å². The quantitative estimate of drug-likeness (QED) is 0.868. The predicted octanol–water partition coefficient (Wildman–Crippen LogP) is 2.35. The minimum Gasteiger partial charge on any atom is -0.394 e. The van der Waals surface area contributed by atoms with E-state index in [2.05, 4.69) is 15.5 Å². The predicted molar refractivity (Wildman–Crippen MR) is 71.4 cm³/mol. The van der Waals surface area contributed by atoms with Crippen LogP contribution in [0.4, 0.5) is 5.82 Å². The molecule has 0 amide bonds. The van der Waals surface area contributed by atoms with Crippen LogP contribution in [-0.4, -0.2) is 27.4 Å². The molecule has 1 aliphatic rings. The SMILES string of the molecule is OCC1(Nc2nncc3ccccc23)CCCC1. The molecule has 1 fully saturated rings. The van der Waals surface area contributed by atoms with Crippen LogP contribution >= 0.6 is 0 Å². The third-order valence-electron chi connectivity index (χ3n) is 3.82. The largest absolute Gasteiger partial charge is 0.394 e. The molecule has 18 heavy (non-hydrogen) atoms. The Balaban J connectivity index is 1.99. The first-order chi connectivity index (χ1) is 8.83. The van der Waals surface area contributed by atoms with Gasteiger partial charge in [0.1, 0.15) is 0 Å². The summed E-state index contributed by atoms with van der Waals surface area (Å²) < 4.78 is 0. The molecule has 4 nitrogen and oxygen atoms in total. The summed E-state index contributed by atoms with van der Waals surface area (Å²) in [7, 11) is 0. The van der Waals surface area contributed by atoms with Crippen molar-refractivity contribution in [2.75, 3.05) is 11.9 Å². The fourth-order valence-electron chi connectivity index (χ4n) is 2.75. The van der Waals surface area contributed by atoms with E-state index < -0.39 is 0 Å². The first kappa shape index (κ1) is 11.4. The average molecular weight is 243 g/mol. The Kier molecular flexibility index (Phi) is 2.88. The Labute approximate surface area is 106 Å². The van der Waals surface area contributed by atoms with Crippen LogP contribution in [0.2, 0.25) is 0 Å². The molecule has 1 saturated carbocycles. The summed E-state index contributed by atoms with van der Waals surface area (Å²) in [6, 6.07) is 8.04. The average Bonchev–Trinajstić information content (AvgIpc) is 2.88. The Morgan fingerprint density at radius 2 is 2.00 bits per heavy atom. The van der Waals surface area contributed by atoms with Crippen LogP contribution in [0.15, 0.2) is 30.5 Å². The molecular weight excluding hydrogens is 226 g/mol. The van der Waals surface area contributed by atoms with Gasteiger partial charge in [-0.25, -0.2) is 0 Å². The van der Waals surface area contributed by atoms with Crippen LogP contribution < -0.4 is 5.32 Å². The lowest BCUT2D eigenvalue weighted by atomic mass is 9.98. The van der Waals surface area contributed by atoms with Crippen molar-refractivity contribution in [3.05, 3.63) is 30.5 Å². The van der Waals surface area contributed by atoms with Gasteiger partial charge in [0.05, 0.1) is 18.3 Å². The lowest BCUT2D eigenvalue weighted by molar-refractivity contribution is 0.214. The van der Waals surface area contributed by atoms with Crippen LogP contribution in [0.5, 0.6) is 0 Å². The Morgan fingerprint density at radius 1 is 1.22 bits per heavy atom. The van der Waals surface area contributed by atoms with Gasteiger partial charge < -0.3 is 10.4 Å². The molecule has 0 aliphatic heterocycles. The summed E-state index contributed by atoms with van der Waals surface area (Å²) >= 11 is 0. The van der Waals surface area contributed by atoms with Crippen molar-refractivity contribution < 1.29 is 5.11 Å². The van der Waals surface area contributed by atoms with Crippen molar-refractivity contribution in [1.82, 2.24) is 10.2 Å². The van der Waals surface area contributed by atoms with Gasteiger partial charge in [-0.2, -0.15) is 5.10 Å². The van der Waals surface area contributed by atoms with Gasteiger partial charge in [0.15, 0.2) is 5.82 Å². The molecule has 4 heteroatoms. The minimum absolute atomic E-state index is 0.151. The van der Waals surface area contributed by atoms with Crippen molar-refractivity contribution >= 4 is 16.6 Å². The smallest absolute Gasteiger partial charge is 0.157 e. The van der Waals surface area contributed by atoms with E-state index in [4.69, 9.17) is 0 Å². The van der Waals surface area contributed by atoms with E-state index in [1.54, 1.807) is 6.20 Å². The van der Waals surface area contributed by atoms with E-state index in [-0.39, 0.29) is 12.1 Å². The molecule has 1 aromatic heterocycles. The second-order valence-electron chi connectivity index (χ2n) is 5.05. The third kappa shape index (κ3) is 1.93. The van der Waals surface area contributed by atoms with Gasteiger partial charge in [-0.05, 0) is 12.8 Å². The highest BCUT2D eigenvalue weighted by Gasteiger charge is 2.33. The molecular formula is C14H17N3O. The van der Waals surface area contributed by atoms with Gasteiger partial charge in [0, 0.05) is 10.8 Å². The highest BCUT2D eigenvalue weighted by molar-refractivity contribution is 5.91. The Bertz CT molecular complexity index is 544. The van der Waals surface area contributed by atoms with Gasteiger partial charge in [-0.1, -0.05) is 37.1 Å². The first-order valence-corrected chi connectivity index (χ1v) is 6.42. The van der Waals surface area contributed by atoms with Gasteiger partial charge >= 0.3 is 0 Å². The zero-order valence-corrected chi connectivity index (χ0v) is 10.3. The molecule has 1 heterocycles. The summed E-state index contributed by atoms with van der Waals surface area (Å²) in [6.45, 7) is 0.151. The number of aromatic nitrogens is 2. The van der Waals surface area contributed by atoms with Crippen molar-refractivity contribution in [2.45, 2.75) is 31.2 Å². The molecule has 0 atom stereocenters. The van der Waals surface area contributed by atoms with Crippen molar-refractivity contribution in [1.29, 1.82) is 0 Å². The topological polar surface area (TPSA) is 58.0 Å². The van der Waals surface area contributed by atoms with Gasteiger partial charge in [0.2, 0.25) is 0 Å². The van der Waals surface area contributed by atoms with E-state index in [0.717, 1.165) is 42.3 Å². The lowest BCUT2D eigenvalue weighted by Gasteiger charge is -2.28. The molecule has 0 spiro atoms. The maximum atomic E-state index is 9.64. The minimum atomic E-state index is -0.210. The summed E-state index contributed by atoms with van der Waals surface area (Å²) in [5.41, 5.74) is -0.210. The van der Waals surface area contributed by atoms with E-state index in [9.17, 15) is 5.11 Å². The first-order valence-electron chi connectivity index (χ1n) is 6.42. The number of aliphatic hydroxyl groups is 1. The molecule has 1 aromatic carbocycles. The van der Waals surface area contributed by atoms with Crippen molar-refractivity contribution in [2.24, 2.45) is 0 Å². The summed E-state index contributed by atoms with van der Waals surface area (Å²) in [6.07, 6.45) is 6.07. The molecule has 0 radical (unpaired) electrons. The van der Waals surface area contributed by atoms with Gasteiger partial charge in [-0.3, -0.25) is 0 Å². The van der Waals surface area contributed by atoms with Crippen molar-refractivity contribution in [3.8, 4) is 0 Å². The zero-order valence-electron chi connectivity index (χ0n) is 10.3. The lowest BCUT2D eigenvalue weighted by Crippen LogP contribution is -2.39. The van der Waals surface area contributed by atoms with Crippen LogP contribution in [-0.2, 0) is 0 Å². The van der Waals surface area contributed by atoms with Gasteiger partial charge in [-0.15, -0.1) is 5.10 Å². The standard InChI is InChI=1S/C14H17N3O/c18-10-14(7-3-4-8-14)16-13-12-6-2-1-5-11(12)9-15-17-13/h1-2,5-6,9,18H,3-4,7-8,10H2,(H,16,17). The molecule has 1 aliphatic carbocycles. The summed E-state index contributed by atoms with van der Waals surface area (Å²) in [4.78, 5) is 0. The summed E-state index contributed by atoms with van der Waals surface area (Å²) in [5.74, 6) is 0.782.